The Morgan fingerprint density at radius 1 is 0.889 bits per heavy atom. The molecule has 2 rings (SSSR count). The SMILES string of the molecule is CC(=O)CN=C(c1ccccc1)c1ccccc1. The van der Waals surface area contributed by atoms with Crippen molar-refractivity contribution in [2.24, 2.45) is 4.99 Å². The van der Waals surface area contributed by atoms with Crippen LogP contribution in [0.2, 0.25) is 0 Å². The van der Waals surface area contributed by atoms with Gasteiger partial charge in [-0.25, -0.2) is 0 Å². The Kier molecular flexibility index (Phi) is 4.02. The molecule has 0 atom stereocenters. The summed E-state index contributed by atoms with van der Waals surface area (Å²) in [5.74, 6) is 0.0689. The molecule has 2 heteroatoms. The molecule has 0 aliphatic carbocycles. The minimum Gasteiger partial charge on any atom is -0.298 e. The third kappa shape index (κ3) is 3.14. The molecule has 0 aliphatic rings. The first-order valence-electron chi connectivity index (χ1n) is 5.92. The molecule has 2 aromatic rings. The van der Waals surface area contributed by atoms with Crippen molar-refractivity contribution in [1.29, 1.82) is 0 Å². The molecule has 0 aromatic heterocycles. The Balaban J connectivity index is 2.42. The molecule has 0 bridgehead atoms. The molecule has 0 saturated carbocycles. The highest BCUT2D eigenvalue weighted by atomic mass is 16.1. The van der Waals surface area contributed by atoms with Crippen molar-refractivity contribution in [2.45, 2.75) is 6.92 Å². The lowest BCUT2D eigenvalue weighted by atomic mass is 10.0. The number of carbonyl (C=O) groups excluding carboxylic acids is 1. The molecule has 0 heterocycles. The highest BCUT2D eigenvalue weighted by Gasteiger charge is 2.05. The van der Waals surface area contributed by atoms with Gasteiger partial charge in [0.15, 0.2) is 5.78 Å². The zero-order valence-corrected chi connectivity index (χ0v) is 10.3. The molecule has 0 saturated heterocycles. The van der Waals surface area contributed by atoms with Crippen LogP contribution in [-0.4, -0.2) is 18.0 Å². The fourth-order valence-corrected chi connectivity index (χ4v) is 1.73. The van der Waals surface area contributed by atoms with Gasteiger partial charge in [-0.1, -0.05) is 60.7 Å². The number of hydrogen-bond acceptors (Lipinski definition) is 2. The van der Waals surface area contributed by atoms with Crippen LogP contribution < -0.4 is 0 Å². The van der Waals surface area contributed by atoms with Gasteiger partial charge in [0.25, 0.3) is 0 Å². The Morgan fingerprint density at radius 3 is 1.72 bits per heavy atom. The third-order valence-corrected chi connectivity index (χ3v) is 2.55. The lowest BCUT2D eigenvalue weighted by Crippen LogP contribution is -2.06. The number of aliphatic imine (C=N–C) groups is 1. The number of nitrogens with zero attached hydrogens (tertiary/aromatic N) is 1. The van der Waals surface area contributed by atoms with Crippen LogP contribution >= 0.6 is 0 Å². The first-order valence-corrected chi connectivity index (χ1v) is 5.92. The standard InChI is InChI=1S/C16H15NO/c1-13(18)12-17-16(14-8-4-2-5-9-14)15-10-6-3-7-11-15/h2-11H,12H2,1H3. The van der Waals surface area contributed by atoms with Gasteiger partial charge in [0.1, 0.15) is 0 Å². The average Bonchev–Trinajstić information content (AvgIpc) is 2.41. The van der Waals surface area contributed by atoms with Crippen LogP contribution in [0.25, 0.3) is 0 Å². The predicted octanol–water partition coefficient (Wildman–Crippen LogP) is 3.11. The molecular weight excluding hydrogens is 222 g/mol. The van der Waals surface area contributed by atoms with E-state index in [0.29, 0.717) is 0 Å². The van der Waals surface area contributed by atoms with Crippen LogP contribution in [0.4, 0.5) is 0 Å². The first-order chi connectivity index (χ1) is 8.77. The number of Topliss-reactive ketones (excluding diaryl/α,β-unsaturated/α-hetero) is 1. The van der Waals surface area contributed by atoms with E-state index in [9.17, 15) is 4.79 Å². The zero-order valence-electron chi connectivity index (χ0n) is 10.3. The second kappa shape index (κ2) is 5.92. The summed E-state index contributed by atoms with van der Waals surface area (Å²) < 4.78 is 0. The molecule has 0 N–H and O–H groups in total. The maximum atomic E-state index is 11.1. The summed E-state index contributed by atoms with van der Waals surface area (Å²) in [5, 5.41) is 0. The lowest BCUT2D eigenvalue weighted by Gasteiger charge is -2.06. The molecule has 0 spiro atoms. The van der Waals surface area contributed by atoms with Gasteiger partial charge in [0, 0.05) is 11.1 Å². The molecule has 0 radical (unpaired) electrons. The molecule has 90 valence electrons. The second-order valence-corrected chi connectivity index (χ2v) is 4.10. The second-order valence-electron chi connectivity index (χ2n) is 4.10. The molecule has 18 heavy (non-hydrogen) atoms. The normalized spacial score (nSPS) is 9.83. The number of carbonyl (C=O) groups is 1. The monoisotopic (exact) mass is 237 g/mol. The quantitative estimate of drug-likeness (QED) is 0.751. The van der Waals surface area contributed by atoms with Crippen LogP contribution in [-0.2, 0) is 4.79 Å². The summed E-state index contributed by atoms with van der Waals surface area (Å²) in [6.07, 6.45) is 0. The molecular formula is C16H15NO. The van der Waals surface area contributed by atoms with Gasteiger partial charge in [-0.15, -0.1) is 0 Å². The molecule has 0 aliphatic heterocycles. The first kappa shape index (κ1) is 12.2. The lowest BCUT2D eigenvalue weighted by molar-refractivity contribution is -0.115. The van der Waals surface area contributed by atoms with Crippen molar-refractivity contribution in [3.8, 4) is 0 Å². The van der Waals surface area contributed by atoms with Gasteiger partial charge in [-0.3, -0.25) is 9.79 Å². The zero-order chi connectivity index (χ0) is 12.8. The average molecular weight is 237 g/mol. The summed E-state index contributed by atoms with van der Waals surface area (Å²) in [6.45, 7) is 1.77. The molecule has 2 aromatic carbocycles. The summed E-state index contributed by atoms with van der Waals surface area (Å²) in [4.78, 5) is 15.5. The Labute approximate surface area is 107 Å². The predicted molar refractivity (Wildman–Crippen MR) is 74.1 cm³/mol. The van der Waals surface area contributed by atoms with Gasteiger partial charge in [0.2, 0.25) is 0 Å². The van der Waals surface area contributed by atoms with Gasteiger partial charge in [-0.05, 0) is 6.92 Å². The summed E-state index contributed by atoms with van der Waals surface area (Å²) in [5.41, 5.74) is 2.93. The van der Waals surface area contributed by atoms with E-state index in [4.69, 9.17) is 0 Å². The van der Waals surface area contributed by atoms with Crippen molar-refractivity contribution in [3.05, 3.63) is 71.8 Å². The number of benzene rings is 2. The van der Waals surface area contributed by atoms with Crippen LogP contribution in [0.3, 0.4) is 0 Å². The fourth-order valence-electron chi connectivity index (χ4n) is 1.73. The maximum Gasteiger partial charge on any atom is 0.151 e. The van der Waals surface area contributed by atoms with Crippen molar-refractivity contribution in [3.63, 3.8) is 0 Å². The van der Waals surface area contributed by atoms with Gasteiger partial charge in [0.05, 0.1) is 12.3 Å². The highest BCUT2D eigenvalue weighted by molar-refractivity contribution is 6.13. The topological polar surface area (TPSA) is 29.4 Å². The van der Waals surface area contributed by atoms with Crippen LogP contribution in [0.15, 0.2) is 65.7 Å². The smallest absolute Gasteiger partial charge is 0.151 e. The van der Waals surface area contributed by atoms with Gasteiger partial charge in [-0.2, -0.15) is 0 Å². The van der Waals surface area contributed by atoms with E-state index < -0.39 is 0 Å². The van der Waals surface area contributed by atoms with E-state index in [-0.39, 0.29) is 12.3 Å². The van der Waals surface area contributed by atoms with Gasteiger partial charge < -0.3 is 0 Å². The summed E-state index contributed by atoms with van der Waals surface area (Å²) >= 11 is 0. The summed E-state index contributed by atoms with van der Waals surface area (Å²) in [6, 6.07) is 19.9. The van der Waals surface area contributed by atoms with E-state index in [0.717, 1.165) is 16.8 Å². The van der Waals surface area contributed by atoms with Crippen molar-refractivity contribution in [1.82, 2.24) is 0 Å². The highest BCUT2D eigenvalue weighted by Crippen LogP contribution is 2.10. The van der Waals surface area contributed by atoms with E-state index in [1.807, 2.05) is 60.7 Å². The van der Waals surface area contributed by atoms with Crippen molar-refractivity contribution in [2.75, 3.05) is 6.54 Å². The Bertz CT molecular complexity index is 502. The van der Waals surface area contributed by atoms with Crippen molar-refractivity contribution >= 4 is 11.5 Å². The number of ketones is 1. The molecule has 0 fully saturated rings. The van der Waals surface area contributed by atoms with Crippen molar-refractivity contribution < 1.29 is 4.79 Å². The van der Waals surface area contributed by atoms with Crippen LogP contribution in [0.1, 0.15) is 18.1 Å². The molecule has 2 nitrogen and oxygen atoms in total. The Morgan fingerprint density at radius 2 is 1.33 bits per heavy atom. The van der Waals surface area contributed by atoms with Crippen LogP contribution in [0, 0.1) is 0 Å². The summed E-state index contributed by atoms with van der Waals surface area (Å²) in [7, 11) is 0. The minimum absolute atomic E-state index is 0.0689. The largest absolute Gasteiger partial charge is 0.298 e. The Hall–Kier alpha value is -2.22. The minimum atomic E-state index is 0.0689. The van der Waals surface area contributed by atoms with E-state index in [1.54, 1.807) is 6.92 Å². The fraction of sp³-hybridized carbons (Fsp3) is 0.125. The van der Waals surface area contributed by atoms with E-state index in [2.05, 4.69) is 4.99 Å². The molecule has 0 unspecified atom stereocenters. The third-order valence-electron chi connectivity index (χ3n) is 2.55. The molecule has 0 amide bonds. The van der Waals surface area contributed by atoms with E-state index >= 15 is 0 Å². The van der Waals surface area contributed by atoms with E-state index in [1.165, 1.54) is 0 Å². The maximum absolute atomic E-state index is 11.1. The van der Waals surface area contributed by atoms with Gasteiger partial charge >= 0.3 is 0 Å². The number of rotatable bonds is 4. The van der Waals surface area contributed by atoms with Crippen LogP contribution in [0.5, 0.6) is 0 Å². The number of hydrogen-bond donors (Lipinski definition) is 0.